The Morgan fingerprint density at radius 1 is 1.58 bits per heavy atom. The minimum Gasteiger partial charge on any atom is -0.381 e. The first-order chi connectivity index (χ1) is 8.80. The Labute approximate surface area is 110 Å². The summed E-state index contributed by atoms with van der Waals surface area (Å²) in [7, 11) is 1.40. The highest BCUT2D eigenvalue weighted by Gasteiger charge is 2.53. The highest BCUT2D eigenvalue weighted by atomic mass is 19.3. The van der Waals surface area contributed by atoms with Crippen LogP contribution in [0.15, 0.2) is 4.99 Å². The van der Waals surface area contributed by atoms with Gasteiger partial charge in [0.15, 0.2) is 0 Å². The van der Waals surface area contributed by atoms with Crippen LogP contribution in [0.4, 0.5) is 8.78 Å². The summed E-state index contributed by atoms with van der Waals surface area (Å²) in [5.74, 6) is -0.469. The van der Waals surface area contributed by atoms with Gasteiger partial charge in [-0.15, -0.1) is 8.78 Å². The molecule has 0 aromatic rings. The van der Waals surface area contributed by atoms with Crippen LogP contribution in [0.1, 0.15) is 13.8 Å². The summed E-state index contributed by atoms with van der Waals surface area (Å²) in [4.78, 5) is 13.6. The number of rotatable bonds is 5. The summed E-state index contributed by atoms with van der Waals surface area (Å²) >= 11 is 0. The van der Waals surface area contributed by atoms with Gasteiger partial charge >= 0.3 is 6.05 Å². The minimum absolute atomic E-state index is 0.0693. The van der Waals surface area contributed by atoms with Crippen molar-refractivity contribution in [2.24, 2.45) is 16.8 Å². The fourth-order valence-electron chi connectivity index (χ4n) is 2.05. The number of halogens is 2. The first kappa shape index (κ1) is 15.7. The van der Waals surface area contributed by atoms with Gasteiger partial charge in [0.05, 0.1) is 6.61 Å². The molecule has 6 nitrogen and oxygen atoms in total. The zero-order valence-corrected chi connectivity index (χ0v) is 11.3. The molecule has 8 heteroatoms. The second-order valence-electron chi connectivity index (χ2n) is 4.75. The Morgan fingerprint density at radius 2 is 2.21 bits per heavy atom. The van der Waals surface area contributed by atoms with E-state index in [-0.39, 0.29) is 24.9 Å². The number of nitrogens with zero attached hydrogens (tertiary/aromatic N) is 3. The lowest BCUT2D eigenvalue weighted by atomic mass is 9.98. The number of ether oxygens (including phenoxy) is 1. The van der Waals surface area contributed by atoms with Crippen molar-refractivity contribution in [3.05, 3.63) is 10.1 Å². The van der Waals surface area contributed by atoms with Crippen LogP contribution in [-0.4, -0.2) is 55.1 Å². The van der Waals surface area contributed by atoms with E-state index < -0.39 is 16.8 Å². The maximum absolute atomic E-state index is 13.5. The summed E-state index contributed by atoms with van der Waals surface area (Å²) in [5, 5.41) is 10.5. The summed E-state index contributed by atoms with van der Waals surface area (Å²) in [5.41, 5.74) is 0. The number of aliphatic imine (C=N–C) groups is 1. The molecule has 0 saturated carbocycles. The zero-order chi connectivity index (χ0) is 14.6. The lowest BCUT2D eigenvalue weighted by Crippen LogP contribution is -2.48. The number of nitro groups is 1. The lowest BCUT2D eigenvalue weighted by molar-refractivity contribution is -0.618. The van der Waals surface area contributed by atoms with Crippen molar-refractivity contribution in [2.75, 3.05) is 33.4 Å². The molecule has 0 aromatic carbocycles. The monoisotopic (exact) mass is 279 g/mol. The molecule has 110 valence electrons. The van der Waals surface area contributed by atoms with Crippen LogP contribution >= 0.6 is 0 Å². The average molecular weight is 279 g/mol. The maximum atomic E-state index is 13.5. The van der Waals surface area contributed by atoms with E-state index in [9.17, 15) is 18.9 Å². The summed E-state index contributed by atoms with van der Waals surface area (Å²) in [6, 6.07) is -4.16. The first-order valence-corrected chi connectivity index (χ1v) is 6.16. The minimum atomic E-state index is -4.16. The number of amidine groups is 1. The van der Waals surface area contributed by atoms with E-state index in [1.54, 1.807) is 6.92 Å². The van der Waals surface area contributed by atoms with Crippen molar-refractivity contribution in [3.8, 4) is 0 Å². The Balaban J connectivity index is 2.82. The molecule has 0 aliphatic carbocycles. The van der Waals surface area contributed by atoms with Gasteiger partial charge in [-0.25, -0.2) is 0 Å². The zero-order valence-electron chi connectivity index (χ0n) is 11.3. The molecular weight excluding hydrogens is 260 g/mol. The predicted molar refractivity (Wildman–Crippen MR) is 66.0 cm³/mol. The molecule has 0 bridgehead atoms. The molecule has 0 amide bonds. The van der Waals surface area contributed by atoms with Gasteiger partial charge in [0.25, 0.3) is 5.84 Å². The molecule has 1 rings (SSSR count). The van der Waals surface area contributed by atoms with Gasteiger partial charge in [-0.05, 0) is 12.8 Å². The molecule has 19 heavy (non-hydrogen) atoms. The van der Waals surface area contributed by atoms with E-state index in [0.717, 1.165) is 0 Å². The van der Waals surface area contributed by atoms with Gasteiger partial charge in [0, 0.05) is 32.7 Å². The van der Waals surface area contributed by atoms with Gasteiger partial charge in [-0.2, -0.15) is 0 Å². The van der Waals surface area contributed by atoms with Crippen molar-refractivity contribution in [2.45, 2.75) is 19.9 Å². The first-order valence-electron chi connectivity index (χ1n) is 6.16. The molecule has 0 spiro atoms. The van der Waals surface area contributed by atoms with Crippen molar-refractivity contribution in [1.82, 2.24) is 4.90 Å². The summed E-state index contributed by atoms with van der Waals surface area (Å²) < 4.78 is 32.3. The van der Waals surface area contributed by atoms with E-state index >= 15 is 0 Å². The van der Waals surface area contributed by atoms with Crippen LogP contribution in [0.3, 0.4) is 0 Å². The van der Waals surface area contributed by atoms with Crippen LogP contribution in [-0.2, 0) is 4.74 Å². The third-order valence-electron chi connectivity index (χ3n) is 3.19. The average Bonchev–Trinajstić information content (AvgIpc) is 2.71. The molecule has 1 saturated heterocycles. The molecule has 1 heterocycles. The highest BCUT2D eigenvalue weighted by Crippen LogP contribution is 2.24. The molecule has 1 aliphatic heterocycles. The molecule has 2 unspecified atom stereocenters. The van der Waals surface area contributed by atoms with E-state index in [2.05, 4.69) is 4.99 Å². The Kier molecular flexibility index (Phi) is 5.16. The van der Waals surface area contributed by atoms with Gasteiger partial charge in [0.2, 0.25) is 0 Å². The molecule has 1 fully saturated rings. The van der Waals surface area contributed by atoms with Crippen LogP contribution in [0.2, 0.25) is 0 Å². The van der Waals surface area contributed by atoms with E-state index in [1.807, 2.05) is 6.92 Å². The predicted octanol–water partition coefficient (Wildman–Crippen LogP) is 1.49. The van der Waals surface area contributed by atoms with Crippen LogP contribution in [0.5, 0.6) is 0 Å². The molecule has 1 aliphatic rings. The largest absolute Gasteiger partial charge is 0.572 e. The number of likely N-dealkylation sites (N-methyl/N-ethyl adjacent to an activating group) is 1. The molecule has 0 radical (unpaired) electrons. The topological polar surface area (TPSA) is 68.0 Å². The van der Waals surface area contributed by atoms with E-state index in [1.165, 1.54) is 11.9 Å². The van der Waals surface area contributed by atoms with Gasteiger partial charge in [0.1, 0.15) is 4.92 Å². The molecule has 2 atom stereocenters. The van der Waals surface area contributed by atoms with Crippen LogP contribution in [0.25, 0.3) is 0 Å². The number of alkyl halides is 2. The Morgan fingerprint density at radius 3 is 2.63 bits per heavy atom. The van der Waals surface area contributed by atoms with Gasteiger partial charge in [-0.3, -0.25) is 15.1 Å². The third kappa shape index (κ3) is 3.59. The maximum Gasteiger partial charge on any atom is 0.572 e. The second kappa shape index (κ2) is 6.23. The number of hydrogen-bond donors (Lipinski definition) is 0. The van der Waals surface area contributed by atoms with Crippen molar-refractivity contribution in [1.29, 1.82) is 0 Å². The van der Waals surface area contributed by atoms with Gasteiger partial charge < -0.3 is 9.64 Å². The van der Waals surface area contributed by atoms with Crippen LogP contribution in [0, 0.1) is 22.0 Å². The standard InChI is InChI=1S/C11H19F2N3O3/c1-4-14-10(11(12,13)16(17)18)15(3)5-9-7-19-6-8(9)2/h8-9H,4-7H2,1-3H3. The normalized spacial score (nSPS) is 24.6. The Bertz CT molecular complexity index is 363. The highest BCUT2D eigenvalue weighted by molar-refractivity contribution is 5.87. The number of hydrogen-bond acceptors (Lipinski definition) is 4. The second-order valence-corrected chi connectivity index (χ2v) is 4.75. The smallest absolute Gasteiger partial charge is 0.381 e. The van der Waals surface area contributed by atoms with Crippen LogP contribution < -0.4 is 0 Å². The quantitative estimate of drug-likeness (QED) is 0.251. The van der Waals surface area contributed by atoms with Crippen molar-refractivity contribution in [3.63, 3.8) is 0 Å². The molecule has 0 N–H and O–H groups in total. The third-order valence-corrected chi connectivity index (χ3v) is 3.19. The fourth-order valence-corrected chi connectivity index (χ4v) is 2.05. The fraction of sp³-hybridized carbons (Fsp3) is 0.909. The van der Waals surface area contributed by atoms with Crippen molar-refractivity contribution < 1.29 is 18.4 Å². The van der Waals surface area contributed by atoms with Gasteiger partial charge in [-0.1, -0.05) is 6.92 Å². The van der Waals surface area contributed by atoms with E-state index in [4.69, 9.17) is 4.74 Å². The SMILES string of the molecule is CCN=C(N(C)CC1COCC1C)C(F)(F)[N+](=O)[O-]. The Hall–Kier alpha value is -1.31. The van der Waals surface area contributed by atoms with Crippen molar-refractivity contribution >= 4 is 5.84 Å². The lowest BCUT2D eigenvalue weighted by Gasteiger charge is -2.26. The summed E-state index contributed by atoms with van der Waals surface area (Å²) in [6.45, 7) is 4.93. The van der Waals surface area contributed by atoms with E-state index in [0.29, 0.717) is 13.2 Å². The molecule has 0 aromatic heterocycles. The molecular formula is C11H19F2N3O3. The summed E-state index contributed by atoms with van der Waals surface area (Å²) in [6.07, 6.45) is 0.